The van der Waals surface area contributed by atoms with Crippen molar-refractivity contribution in [1.29, 1.82) is 0 Å². The Balaban J connectivity index is 1.96. The molecule has 0 saturated carbocycles. The van der Waals surface area contributed by atoms with E-state index in [1.807, 2.05) is 24.3 Å². The molecule has 2 nitrogen and oxygen atoms in total. The van der Waals surface area contributed by atoms with Crippen molar-refractivity contribution in [1.82, 2.24) is 5.32 Å². The molecule has 1 aromatic carbocycles. The Hall–Kier alpha value is -1.02. The summed E-state index contributed by atoms with van der Waals surface area (Å²) in [6.07, 6.45) is 3.67. The fraction of sp³-hybridized carbons (Fsp3) is 0.417. The standard InChI is InChI=1S/C12H14ClNO/c13-10-6-4-9(5-7-10)8-11-2-1-3-12(15)14-11/h4-7,11H,1-3,8H2,(H,14,15)/t11-/m1/s1. The van der Waals surface area contributed by atoms with E-state index in [9.17, 15) is 4.79 Å². The Labute approximate surface area is 94.6 Å². The van der Waals surface area contributed by atoms with E-state index in [4.69, 9.17) is 11.6 Å². The van der Waals surface area contributed by atoms with E-state index < -0.39 is 0 Å². The minimum Gasteiger partial charge on any atom is -0.353 e. The fourth-order valence-corrected chi connectivity index (χ4v) is 2.07. The van der Waals surface area contributed by atoms with Crippen molar-refractivity contribution < 1.29 is 4.79 Å². The van der Waals surface area contributed by atoms with E-state index in [0.717, 1.165) is 24.3 Å². The number of amides is 1. The first kappa shape index (κ1) is 10.5. The van der Waals surface area contributed by atoms with Crippen molar-refractivity contribution in [3.05, 3.63) is 34.9 Å². The van der Waals surface area contributed by atoms with Crippen LogP contribution in [0.25, 0.3) is 0 Å². The molecule has 80 valence electrons. The van der Waals surface area contributed by atoms with Crippen LogP contribution in [0.3, 0.4) is 0 Å². The summed E-state index contributed by atoms with van der Waals surface area (Å²) in [5, 5.41) is 3.76. The molecule has 1 saturated heterocycles. The summed E-state index contributed by atoms with van der Waals surface area (Å²) in [5.74, 6) is 0.181. The summed E-state index contributed by atoms with van der Waals surface area (Å²) in [4.78, 5) is 11.2. The number of rotatable bonds is 2. The van der Waals surface area contributed by atoms with E-state index in [1.165, 1.54) is 5.56 Å². The predicted molar refractivity (Wildman–Crippen MR) is 60.9 cm³/mol. The molecule has 1 aliphatic rings. The second-order valence-electron chi connectivity index (χ2n) is 3.99. The highest BCUT2D eigenvalue weighted by molar-refractivity contribution is 6.30. The van der Waals surface area contributed by atoms with Gasteiger partial charge in [0.2, 0.25) is 5.91 Å². The van der Waals surface area contributed by atoms with Gasteiger partial charge in [0.1, 0.15) is 0 Å². The number of piperidine rings is 1. The number of carbonyl (C=O) groups is 1. The molecule has 0 radical (unpaired) electrons. The third kappa shape index (κ3) is 2.96. The molecule has 1 amide bonds. The maximum Gasteiger partial charge on any atom is 0.220 e. The number of halogens is 1. The molecule has 15 heavy (non-hydrogen) atoms. The van der Waals surface area contributed by atoms with Crippen LogP contribution in [0.2, 0.25) is 5.02 Å². The molecule has 2 rings (SSSR count). The van der Waals surface area contributed by atoms with E-state index in [2.05, 4.69) is 5.32 Å². The van der Waals surface area contributed by atoms with Crippen molar-refractivity contribution >= 4 is 17.5 Å². The molecule has 0 aromatic heterocycles. The molecule has 1 aromatic rings. The molecule has 0 aliphatic carbocycles. The van der Waals surface area contributed by atoms with Crippen LogP contribution in [-0.2, 0) is 11.2 Å². The number of nitrogens with one attached hydrogen (secondary N) is 1. The van der Waals surface area contributed by atoms with E-state index in [0.29, 0.717) is 12.5 Å². The summed E-state index contributed by atoms with van der Waals surface area (Å²) in [6.45, 7) is 0. The zero-order valence-corrected chi connectivity index (χ0v) is 9.26. The van der Waals surface area contributed by atoms with Gasteiger partial charge in [0.15, 0.2) is 0 Å². The van der Waals surface area contributed by atoms with Crippen molar-refractivity contribution in [2.75, 3.05) is 0 Å². The lowest BCUT2D eigenvalue weighted by Gasteiger charge is -2.23. The maximum atomic E-state index is 11.2. The van der Waals surface area contributed by atoms with E-state index in [-0.39, 0.29) is 5.91 Å². The van der Waals surface area contributed by atoms with Crippen LogP contribution in [0.4, 0.5) is 0 Å². The van der Waals surface area contributed by atoms with Gasteiger partial charge in [-0.3, -0.25) is 4.79 Å². The maximum absolute atomic E-state index is 11.2. The highest BCUT2D eigenvalue weighted by atomic mass is 35.5. The highest BCUT2D eigenvalue weighted by Crippen LogP contribution is 2.15. The van der Waals surface area contributed by atoms with Crippen molar-refractivity contribution in [2.45, 2.75) is 31.7 Å². The molecule has 0 spiro atoms. The lowest BCUT2D eigenvalue weighted by Crippen LogP contribution is -2.39. The second-order valence-corrected chi connectivity index (χ2v) is 4.42. The normalized spacial score (nSPS) is 21.1. The predicted octanol–water partition coefficient (Wildman–Crippen LogP) is 2.55. The number of carbonyl (C=O) groups excluding carboxylic acids is 1. The monoisotopic (exact) mass is 223 g/mol. The molecule has 1 heterocycles. The summed E-state index contributed by atoms with van der Waals surface area (Å²) in [6, 6.07) is 8.11. The van der Waals surface area contributed by atoms with Gasteiger partial charge in [-0.15, -0.1) is 0 Å². The summed E-state index contributed by atoms with van der Waals surface area (Å²) in [5.41, 5.74) is 1.23. The van der Waals surface area contributed by atoms with Gasteiger partial charge in [0, 0.05) is 17.5 Å². The minimum atomic E-state index is 0.181. The Kier molecular flexibility index (Phi) is 3.27. The lowest BCUT2D eigenvalue weighted by molar-refractivity contribution is -0.123. The van der Waals surface area contributed by atoms with Gasteiger partial charge in [-0.05, 0) is 37.0 Å². The highest BCUT2D eigenvalue weighted by Gasteiger charge is 2.17. The van der Waals surface area contributed by atoms with Crippen molar-refractivity contribution in [3.8, 4) is 0 Å². The molecule has 0 bridgehead atoms. The average molecular weight is 224 g/mol. The molecular formula is C12H14ClNO. The SMILES string of the molecule is O=C1CCC[C@H](Cc2ccc(Cl)cc2)N1. The van der Waals surface area contributed by atoms with Gasteiger partial charge in [-0.2, -0.15) is 0 Å². The van der Waals surface area contributed by atoms with Crippen molar-refractivity contribution in [2.24, 2.45) is 0 Å². The Morgan fingerprint density at radius 2 is 2.07 bits per heavy atom. The van der Waals surface area contributed by atoms with Gasteiger partial charge in [0.05, 0.1) is 0 Å². The van der Waals surface area contributed by atoms with Crippen LogP contribution in [0.15, 0.2) is 24.3 Å². The molecule has 1 fully saturated rings. The molecule has 1 atom stereocenters. The third-order valence-electron chi connectivity index (χ3n) is 2.72. The first-order valence-corrected chi connectivity index (χ1v) is 5.65. The Morgan fingerprint density at radius 3 is 2.73 bits per heavy atom. The fourth-order valence-electron chi connectivity index (χ4n) is 1.94. The first-order valence-electron chi connectivity index (χ1n) is 5.28. The van der Waals surface area contributed by atoms with Gasteiger partial charge >= 0.3 is 0 Å². The molecule has 0 unspecified atom stereocenters. The molecule has 3 heteroatoms. The smallest absolute Gasteiger partial charge is 0.220 e. The number of benzene rings is 1. The zero-order valence-electron chi connectivity index (χ0n) is 8.50. The second kappa shape index (κ2) is 4.67. The Morgan fingerprint density at radius 1 is 1.33 bits per heavy atom. The van der Waals surface area contributed by atoms with E-state index >= 15 is 0 Å². The lowest BCUT2D eigenvalue weighted by atomic mass is 9.97. The minimum absolute atomic E-state index is 0.181. The number of hydrogen-bond acceptors (Lipinski definition) is 1. The van der Waals surface area contributed by atoms with Crippen LogP contribution in [-0.4, -0.2) is 11.9 Å². The Bertz CT molecular complexity index is 347. The van der Waals surface area contributed by atoms with Gasteiger partial charge in [-0.25, -0.2) is 0 Å². The van der Waals surface area contributed by atoms with Gasteiger partial charge in [-0.1, -0.05) is 23.7 Å². The summed E-state index contributed by atoms with van der Waals surface area (Å²) < 4.78 is 0. The number of hydrogen-bond donors (Lipinski definition) is 1. The average Bonchev–Trinajstić information content (AvgIpc) is 2.22. The van der Waals surface area contributed by atoms with Crippen LogP contribution in [0.1, 0.15) is 24.8 Å². The topological polar surface area (TPSA) is 29.1 Å². The summed E-state index contributed by atoms with van der Waals surface area (Å²) >= 11 is 5.81. The van der Waals surface area contributed by atoms with Crippen LogP contribution < -0.4 is 5.32 Å². The van der Waals surface area contributed by atoms with Crippen molar-refractivity contribution in [3.63, 3.8) is 0 Å². The van der Waals surface area contributed by atoms with E-state index in [1.54, 1.807) is 0 Å². The van der Waals surface area contributed by atoms with Gasteiger partial charge < -0.3 is 5.32 Å². The van der Waals surface area contributed by atoms with Gasteiger partial charge in [0.25, 0.3) is 0 Å². The van der Waals surface area contributed by atoms with Crippen LogP contribution >= 0.6 is 11.6 Å². The largest absolute Gasteiger partial charge is 0.353 e. The molecular weight excluding hydrogens is 210 g/mol. The molecule has 1 aliphatic heterocycles. The molecule has 1 N–H and O–H groups in total. The first-order chi connectivity index (χ1) is 7.24. The van der Waals surface area contributed by atoms with Crippen LogP contribution in [0, 0.1) is 0 Å². The quantitative estimate of drug-likeness (QED) is 0.821. The zero-order chi connectivity index (χ0) is 10.7. The van der Waals surface area contributed by atoms with Crippen LogP contribution in [0.5, 0.6) is 0 Å². The third-order valence-corrected chi connectivity index (χ3v) is 2.97. The summed E-state index contributed by atoms with van der Waals surface area (Å²) in [7, 11) is 0.